The highest BCUT2D eigenvalue weighted by atomic mass is 127. The molecule has 2 heterocycles. The lowest BCUT2D eigenvalue weighted by atomic mass is 9.95. The molecule has 1 aliphatic heterocycles. The summed E-state index contributed by atoms with van der Waals surface area (Å²) in [7, 11) is 3.14. The van der Waals surface area contributed by atoms with Crippen molar-refractivity contribution in [3.05, 3.63) is 76.0 Å². The second-order valence-corrected chi connectivity index (χ2v) is 12.3. The molecule has 0 saturated heterocycles. The summed E-state index contributed by atoms with van der Waals surface area (Å²) in [6.45, 7) is 11.4. The number of nitrogens with zero attached hydrogens (tertiary/aromatic N) is 2. The molecule has 1 atom stereocenters. The van der Waals surface area contributed by atoms with Gasteiger partial charge in [-0.05, 0) is 106 Å². The second kappa shape index (κ2) is 13.3. The van der Waals surface area contributed by atoms with Gasteiger partial charge in [0.25, 0.3) is 5.56 Å². The number of carbonyl (C=O) groups excluding carboxylic acids is 1. The van der Waals surface area contributed by atoms with E-state index in [2.05, 4.69) is 27.6 Å². The standard InChI is InChI=1S/C31H35IN2O7S/c1-9-39-30(36)26-18(6)33-31-34(27(26)20-10-11-22(40-16(2)3)23(15-20)37-7)29(35)25(42-31)14-19-12-21(32)28(41-17(4)5)24(13-19)38-8/h10-17,27H,9H2,1-8H3/b25-14+/t27-/m0/s1. The van der Waals surface area contributed by atoms with Gasteiger partial charge in [0, 0.05) is 0 Å². The number of hydrogen-bond acceptors (Lipinski definition) is 9. The molecule has 0 spiro atoms. The highest BCUT2D eigenvalue weighted by molar-refractivity contribution is 14.1. The molecular formula is C31H35IN2O7S. The molecular weight excluding hydrogens is 671 g/mol. The quantitative estimate of drug-likeness (QED) is 0.217. The number of benzene rings is 2. The van der Waals surface area contributed by atoms with E-state index >= 15 is 0 Å². The second-order valence-electron chi connectivity index (χ2n) is 10.1. The number of thiazole rings is 1. The Morgan fingerprint density at radius 3 is 2.36 bits per heavy atom. The molecule has 4 rings (SSSR count). The SMILES string of the molecule is CCOC(=O)C1=C(C)N=c2s/c(=C/c3cc(I)c(OC(C)C)c(OC)c3)c(=O)n2[C@H]1c1ccc(OC(C)C)c(OC)c1. The number of ether oxygens (including phenoxy) is 5. The third-order valence-corrected chi connectivity index (χ3v) is 8.07. The smallest absolute Gasteiger partial charge is 0.338 e. The van der Waals surface area contributed by atoms with Gasteiger partial charge in [-0.3, -0.25) is 9.36 Å². The molecule has 11 heteroatoms. The lowest BCUT2D eigenvalue weighted by Gasteiger charge is -2.25. The predicted molar refractivity (Wildman–Crippen MR) is 171 cm³/mol. The summed E-state index contributed by atoms with van der Waals surface area (Å²) in [5.74, 6) is 1.76. The first-order valence-corrected chi connectivity index (χ1v) is 15.5. The third kappa shape index (κ3) is 6.51. The molecule has 1 aliphatic rings. The van der Waals surface area contributed by atoms with Crippen molar-refractivity contribution in [1.82, 2.24) is 4.57 Å². The van der Waals surface area contributed by atoms with E-state index in [0.717, 1.165) is 9.13 Å². The highest BCUT2D eigenvalue weighted by Crippen LogP contribution is 2.37. The number of halogens is 1. The molecule has 3 aromatic rings. The number of rotatable bonds is 10. The molecule has 0 unspecified atom stereocenters. The van der Waals surface area contributed by atoms with Crippen molar-refractivity contribution in [2.45, 2.75) is 59.8 Å². The van der Waals surface area contributed by atoms with Crippen molar-refractivity contribution >= 4 is 46.0 Å². The fraction of sp³-hybridized carbons (Fsp3) is 0.387. The van der Waals surface area contributed by atoms with E-state index in [1.54, 1.807) is 50.8 Å². The number of fused-ring (bicyclic) bond motifs is 1. The molecule has 0 bridgehead atoms. The molecule has 0 amide bonds. The molecule has 9 nitrogen and oxygen atoms in total. The van der Waals surface area contributed by atoms with Crippen molar-refractivity contribution < 1.29 is 28.5 Å². The van der Waals surface area contributed by atoms with Crippen molar-refractivity contribution in [2.75, 3.05) is 20.8 Å². The minimum absolute atomic E-state index is 0.0246. The maximum absolute atomic E-state index is 14.0. The number of methoxy groups -OCH3 is 2. The average molecular weight is 707 g/mol. The summed E-state index contributed by atoms with van der Waals surface area (Å²) in [5.41, 5.74) is 1.93. The minimum atomic E-state index is -0.777. The minimum Gasteiger partial charge on any atom is -0.493 e. The van der Waals surface area contributed by atoms with Gasteiger partial charge in [0.05, 0.1) is 58.4 Å². The Kier molecular flexibility index (Phi) is 10.0. The maximum Gasteiger partial charge on any atom is 0.338 e. The monoisotopic (exact) mass is 706 g/mol. The largest absolute Gasteiger partial charge is 0.493 e. The Hall–Kier alpha value is -3.32. The zero-order valence-electron chi connectivity index (χ0n) is 24.9. The fourth-order valence-electron chi connectivity index (χ4n) is 4.64. The first-order valence-electron chi connectivity index (χ1n) is 13.6. The van der Waals surface area contributed by atoms with Crippen LogP contribution >= 0.6 is 33.9 Å². The van der Waals surface area contributed by atoms with Crippen LogP contribution in [0.3, 0.4) is 0 Å². The molecule has 0 aliphatic carbocycles. The van der Waals surface area contributed by atoms with Crippen LogP contribution in [0.25, 0.3) is 6.08 Å². The molecule has 2 aromatic carbocycles. The Labute approximate surface area is 262 Å². The van der Waals surface area contributed by atoms with E-state index in [-0.39, 0.29) is 24.4 Å². The van der Waals surface area contributed by atoms with Crippen LogP contribution < -0.4 is 33.8 Å². The van der Waals surface area contributed by atoms with E-state index in [0.29, 0.717) is 49.2 Å². The zero-order chi connectivity index (χ0) is 30.7. The summed E-state index contributed by atoms with van der Waals surface area (Å²) in [4.78, 5) is 32.4. The molecule has 0 saturated carbocycles. The van der Waals surface area contributed by atoms with Crippen molar-refractivity contribution in [1.29, 1.82) is 0 Å². The lowest BCUT2D eigenvalue weighted by Crippen LogP contribution is -2.40. The number of esters is 1. The Morgan fingerprint density at radius 2 is 1.74 bits per heavy atom. The van der Waals surface area contributed by atoms with E-state index in [9.17, 15) is 9.59 Å². The topological polar surface area (TPSA) is 97.6 Å². The molecule has 224 valence electrons. The Balaban J connectivity index is 1.92. The number of aromatic nitrogens is 1. The predicted octanol–water partition coefficient (Wildman–Crippen LogP) is 4.99. The first-order chi connectivity index (χ1) is 20.0. The third-order valence-electron chi connectivity index (χ3n) is 6.29. The number of hydrogen-bond donors (Lipinski definition) is 0. The van der Waals surface area contributed by atoms with Crippen LogP contribution in [-0.4, -0.2) is 43.6 Å². The fourth-order valence-corrected chi connectivity index (χ4v) is 6.44. The summed E-state index contributed by atoms with van der Waals surface area (Å²) >= 11 is 3.45. The molecule has 0 N–H and O–H groups in total. The van der Waals surface area contributed by atoms with E-state index < -0.39 is 12.0 Å². The van der Waals surface area contributed by atoms with Crippen molar-refractivity contribution in [2.24, 2.45) is 4.99 Å². The number of allylic oxidation sites excluding steroid dienone is 1. The summed E-state index contributed by atoms with van der Waals surface area (Å²) < 4.78 is 31.3. The van der Waals surface area contributed by atoms with Crippen LogP contribution in [0.2, 0.25) is 0 Å². The highest BCUT2D eigenvalue weighted by Gasteiger charge is 2.34. The maximum atomic E-state index is 14.0. The van der Waals surface area contributed by atoms with Crippen molar-refractivity contribution in [3.63, 3.8) is 0 Å². The number of carbonyl (C=O) groups is 1. The van der Waals surface area contributed by atoms with Crippen LogP contribution in [0.15, 0.2) is 51.4 Å². The van der Waals surface area contributed by atoms with E-state index in [1.807, 2.05) is 45.9 Å². The molecule has 0 radical (unpaired) electrons. The average Bonchev–Trinajstić information content (AvgIpc) is 3.23. The van der Waals surface area contributed by atoms with Gasteiger partial charge in [0.1, 0.15) is 0 Å². The lowest BCUT2D eigenvalue weighted by molar-refractivity contribution is -0.139. The normalized spacial score (nSPS) is 15.0. The van der Waals surface area contributed by atoms with Crippen LogP contribution in [0.1, 0.15) is 58.7 Å². The van der Waals surface area contributed by atoms with Gasteiger partial charge in [0.2, 0.25) is 0 Å². The first kappa shape index (κ1) is 31.6. The van der Waals surface area contributed by atoms with Gasteiger partial charge in [-0.15, -0.1) is 0 Å². The van der Waals surface area contributed by atoms with Crippen molar-refractivity contribution in [3.8, 4) is 23.0 Å². The van der Waals surface area contributed by atoms with Crippen LogP contribution in [0, 0.1) is 3.57 Å². The molecule has 42 heavy (non-hydrogen) atoms. The summed E-state index contributed by atoms with van der Waals surface area (Å²) in [6, 6.07) is 8.41. The van der Waals surface area contributed by atoms with Crippen LogP contribution in [-0.2, 0) is 9.53 Å². The van der Waals surface area contributed by atoms with Gasteiger partial charge < -0.3 is 23.7 Å². The van der Waals surface area contributed by atoms with Crippen LogP contribution in [0.5, 0.6) is 23.0 Å². The summed E-state index contributed by atoms with van der Waals surface area (Å²) in [6.07, 6.45) is 1.71. The van der Waals surface area contributed by atoms with Crippen LogP contribution in [0.4, 0.5) is 0 Å². The Morgan fingerprint density at radius 1 is 1.05 bits per heavy atom. The van der Waals surface area contributed by atoms with Gasteiger partial charge in [0.15, 0.2) is 27.8 Å². The molecule has 1 aromatic heterocycles. The van der Waals surface area contributed by atoms with Gasteiger partial charge in [-0.1, -0.05) is 17.4 Å². The van der Waals surface area contributed by atoms with E-state index in [1.165, 1.54) is 11.3 Å². The van der Waals surface area contributed by atoms with Gasteiger partial charge in [-0.2, -0.15) is 0 Å². The van der Waals surface area contributed by atoms with E-state index in [4.69, 9.17) is 23.7 Å². The molecule has 0 fully saturated rings. The van der Waals surface area contributed by atoms with Gasteiger partial charge >= 0.3 is 5.97 Å². The summed E-state index contributed by atoms with van der Waals surface area (Å²) in [5, 5.41) is 0. The Bertz CT molecular complexity index is 1700. The van der Waals surface area contributed by atoms with Gasteiger partial charge in [-0.25, -0.2) is 9.79 Å². The zero-order valence-corrected chi connectivity index (χ0v) is 27.9.